The molecule has 0 aromatic heterocycles. The minimum absolute atomic E-state index is 0.348. The summed E-state index contributed by atoms with van der Waals surface area (Å²) in [5.74, 6) is -2.56. The monoisotopic (exact) mass is 445 g/mol. The van der Waals surface area contributed by atoms with Crippen molar-refractivity contribution in [1.29, 1.82) is 10.5 Å². The van der Waals surface area contributed by atoms with Crippen molar-refractivity contribution in [2.24, 2.45) is 0 Å². The lowest BCUT2D eigenvalue weighted by molar-refractivity contribution is -0.133. The molecule has 2 aromatic carbocycles. The van der Waals surface area contributed by atoms with Gasteiger partial charge in [0, 0.05) is 16.3 Å². The number of carbonyl (C=O) groups is 2. The predicted molar refractivity (Wildman–Crippen MR) is 121 cm³/mol. The Balaban J connectivity index is 2.08. The average Bonchev–Trinajstić information content (AvgIpc) is 2.77. The molecule has 2 aromatic rings. The number of aliphatic carboxylic acids is 2. The zero-order chi connectivity index (χ0) is 23.3. The van der Waals surface area contributed by atoms with Crippen molar-refractivity contribution in [3.05, 3.63) is 58.7 Å². The molecule has 2 N–H and O–H groups in total. The van der Waals surface area contributed by atoms with Gasteiger partial charge in [0.2, 0.25) is 0 Å². The second kappa shape index (κ2) is 9.86. The number of nitriles is 2. The number of carboxylic acids is 2. The van der Waals surface area contributed by atoms with Gasteiger partial charge in [0.1, 0.15) is 23.3 Å². The highest BCUT2D eigenvalue weighted by molar-refractivity contribution is 7.99. The Hall–Kier alpha value is -4.01. The van der Waals surface area contributed by atoms with Crippen molar-refractivity contribution < 1.29 is 19.8 Å². The van der Waals surface area contributed by atoms with Crippen molar-refractivity contribution in [2.45, 2.75) is 29.6 Å². The van der Waals surface area contributed by atoms with Gasteiger partial charge in [-0.3, -0.25) is 0 Å². The quantitative estimate of drug-likeness (QED) is 0.447. The van der Waals surface area contributed by atoms with Crippen LogP contribution in [0.15, 0.2) is 57.3 Å². The lowest BCUT2D eigenvalue weighted by Gasteiger charge is -2.33. The average molecular weight is 446 g/mol. The molecule has 1 aliphatic rings. The fourth-order valence-corrected chi connectivity index (χ4v) is 4.47. The van der Waals surface area contributed by atoms with E-state index in [2.05, 4.69) is 11.8 Å². The number of nitrogens with zero attached hydrogens (tertiary/aromatic N) is 3. The largest absolute Gasteiger partial charge is 0.477 e. The van der Waals surface area contributed by atoms with E-state index in [0.717, 1.165) is 40.6 Å². The van der Waals surface area contributed by atoms with Gasteiger partial charge in [0.25, 0.3) is 0 Å². The zero-order valence-corrected chi connectivity index (χ0v) is 18.0. The van der Waals surface area contributed by atoms with Gasteiger partial charge in [-0.2, -0.15) is 10.5 Å². The van der Waals surface area contributed by atoms with Gasteiger partial charge in [-0.05, 0) is 54.0 Å². The number of rotatable bonds is 7. The van der Waals surface area contributed by atoms with E-state index >= 15 is 0 Å². The summed E-state index contributed by atoms with van der Waals surface area (Å²) in [6.45, 7) is 2.88. The Bertz CT molecular complexity index is 1140. The third kappa shape index (κ3) is 4.83. The van der Waals surface area contributed by atoms with Crippen LogP contribution in [0.5, 0.6) is 0 Å². The van der Waals surface area contributed by atoms with Crippen LogP contribution in [0.1, 0.15) is 30.9 Å². The first-order chi connectivity index (χ1) is 15.4. The number of hydrogen-bond donors (Lipinski definition) is 2. The van der Waals surface area contributed by atoms with Gasteiger partial charge in [-0.25, -0.2) is 9.59 Å². The molecule has 0 atom stereocenters. The normalized spacial score (nSPS) is 12.9. The molecule has 0 aliphatic carbocycles. The summed E-state index contributed by atoms with van der Waals surface area (Å²) >= 11 is 1.47. The standard InChI is InChI=1S/C24H19N3O4S/c1-2-3-8-27-19-6-4-15(9-17(13-25)23(28)29)11-21(19)32-22-12-16(5-7-20(22)27)10-18(14-26)24(30)31/h4-7,9-12H,2-3,8H2,1H3,(H,28,29)(H,30,31)/b17-9-,18-10-. The SMILES string of the molecule is CCCCN1c2ccc(/C=C(/C#N)C(=O)O)cc2Sc2cc(/C=C(/C#N)C(=O)O)ccc21. The molecule has 0 spiro atoms. The van der Waals surface area contributed by atoms with Crippen molar-refractivity contribution in [3.63, 3.8) is 0 Å². The van der Waals surface area contributed by atoms with E-state index in [1.54, 1.807) is 24.3 Å². The van der Waals surface area contributed by atoms with Gasteiger partial charge >= 0.3 is 11.9 Å². The summed E-state index contributed by atoms with van der Waals surface area (Å²) in [7, 11) is 0. The van der Waals surface area contributed by atoms with Crippen molar-refractivity contribution in [3.8, 4) is 12.1 Å². The molecule has 0 saturated heterocycles. The van der Waals surface area contributed by atoms with E-state index in [4.69, 9.17) is 20.7 Å². The van der Waals surface area contributed by atoms with Gasteiger partial charge in [-0.1, -0.05) is 37.2 Å². The Morgan fingerprint density at radius 2 is 1.41 bits per heavy atom. The molecule has 7 nitrogen and oxygen atoms in total. The Morgan fingerprint density at radius 1 is 0.938 bits per heavy atom. The second-order valence-corrected chi connectivity index (χ2v) is 8.10. The number of anilines is 2. The molecular formula is C24H19N3O4S. The second-order valence-electron chi connectivity index (χ2n) is 7.01. The predicted octanol–water partition coefficient (Wildman–Crippen LogP) is 5.07. The molecule has 0 radical (unpaired) electrons. The first-order valence-electron chi connectivity index (χ1n) is 9.81. The molecule has 160 valence electrons. The fourth-order valence-electron chi connectivity index (χ4n) is 3.27. The van der Waals surface area contributed by atoms with E-state index in [-0.39, 0.29) is 11.1 Å². The first-order valence-corrected chi connectivity index (χ1v) is 10.6. The van der Waals surface area contributed by atoms with Gasteiger partial charge < -0.3 is 15.1 Å². The van der Waals surface area contributed by atoms with Crippen molar-refractivity contribution >= 4 is 47.2 Å². The summed E-state index contributed by atoms with van der Waals surface area (Å²) in [6.07, 6.45) is 4.63. The Morgan fingerprint density at radius 3 is 1.78 bits per heavy atom. The van der Waals surface area contributed by atoms with Crippen LogP contribution < -0.4 is 4.90 Å². The molecule has 0 amide bonds. The molecule has 0 fully saturated rings. The number of unbranched alkanes of at least 4 members (excludes halogenated alkanes) is 1. The van der Waals surface area contributed by atoms with Crippen LogP contribution in [0.4, 0.5) is 11.4 Å². The van der Waals surface area contributed by atoms with Crippen LogP contribution in [0.3, 0.4) is 0 Å². The van der Waals surface area contributed by atoms with Crippen LogP contribution >= 0.6 is 11.8 Å². The van der Waals surface area contributed by atoms with E-state index in [0.29, 0.717) is 11.1 Å². The fraction of sp³-hybridized carbons (Fsp3) is 0.167. The van der Waals surface area contributed by atoms with E-state index in [1.165, 1.54) is 23.9 Å². The molecule has 8 heteroatoms. The Labute approximate surface area is 189 Å². The summed E-state index contributed by atoms with van der Waals surface area (Å²) in [5.41, 5.74) is 2.46. The van der Waals surface area contributed by atoms with E-state index < -0.39 is 11.9 Å². The lowest BCUT2D eigenvalue weighted by atomic mass is 10.1. The summed E-state index contributed by atoms with van der Waals surface area (Å²) in [5, 5.41) is 36.3. The minimum atomic E-state index is -1.28. The molecule has 1 heterocycles. The third-order valence-corrected chi connectivity index (χ3v) is 5.92. The maximum atomic E-state index is 11.2. The maximum absolute atomic E-state index is 11.2. The Kier molecular flexibility index (Phi) is 6.99. The first kappa shape index (κ1) is 22.7. The highest BCUT2D eigenvalue weighted by Gasteiger charge is 2.24. The highest BCUT2D eigenvalue weighted by Crippen LogP contribution is 2.49. The molecule has 0 bridgehead atoms. The van der Waals surface area contributed by atoms with E-state index in [1.807, 2.05) is 24.3 Å². The molecule has 3 rings (SSSR count). The van der Waals surface area contributed by atoms with Gasteiger partial charge in [0.15, 0.2) is 0 Å². The van der Waals surface area contributed by atoms with Crippen LogP contribution in [0, 0.1) is 22.7 Å². The zero-order valence-electron chi connectivity index (χ0n) is 17.2. The third-order valence-electron chi connectivity index (χ3n) is 4.83. The van der Waals surface area contributed by atoms with Gasteiger partial charge in [-0.15, -0.1) is 0 Å². The topological polar surface area (TPSA) is 125 Å². The lowest BCUT2D eigenvalue weighted by Crippen LogP contribution is -2.22. The number of carboxylic acid groups (broad SMARTS) is 2. The van der Waals surface area contributed by atoms with Crippen LogP contribution in [-0.4, -0.2) is 28.7 Å². The van der Waals surface area contributed by atoms with Crippen LogP contribution in [-0.2, 0) is 9.59 Å². The summed E-state index contributed by atoms with van der Waals surface area (Å²) in [4.78, 5) is 26.3. The molecular weight excluding hydrogens is 426 g/mol. The van der Waals surface area contributed by atoms with Crippen LogP contribution in [0.2, 0.25) is 0 Å². The van der Waals surface area contributed by atoms with Crippen molar-refractivity contribution in [1.82, 2.24) is 0 Å². The number of fused-ring (bicyclic) bond motifs is 2. The van der Waals surface area contributed by atoms with E-state index in [9.17, 15) is 9.59 Å². The minimum Gasteiger partial charge on any atom is -0.477 e. The van der Waals surface area contributed by atoms with Gasteiger partial charge in [0.05, 0.1) is 11.4 Å². The van der Waals surface area contributed by atoms with Crippen molar-refractivity contribution in [2.75, 3.05) is 11.4 Å². The number of hydrogen-bond acceptors (Lipinski definition) is 6. The number of benzene rings is 2. The molecule has 0 unspecified atom stereocenters. The highest BCUT2D eigenvalue weighted by atomic mass is 32.2. The van der Waals surface area contributed by atoms with Crippen LogP contribution in [0.25, 0.3) is 12.2 Å². The smallest absolute Gasteiger partial charge is 0.346 e. The molecule has 0 saturated carbocycles. The molecule has 1 aliphatic heterocycles. The summed E-state index contributed by atoms with van der Waals surface area (Å²) in [6, 6.07) is 14.4. The maximum Gasteiger partial charge on any atom is 0.346 e. The molecule has 32 heavy (non-hydrogen) atoms. The summed E-state index contributed by atoms with van der Waals surface area (Å²) < 4.78 is 0.